The first-order valence-electron chi connectivity index (χ1n) is 9.60. The Morgan fingerprint density at radius 3 is 2.52 bits per heavy atom. The number of hydrogen-bond acceptors (Lipinski definition) is 8. The third-order valence-electron chi connectivity index (χ3n) is 4.81. The zero-order valence-corrected chi connectivity index (χ0v) is 16.2. The molecule has 1 aromatic carbocycles. The molecule has 0 unspecified atom stereocenters. The Hall–Kier alpha value is -3.55. The molecule has 2 aromatic heterocycles. The SMILES string of the molecule is CCOC(=O)c1cncnc1N1CCN(c2cc(-c3ccccc3)ncn2)CC1. The van der Waals surface area contributed by atoms with Gasteiger partial charge in [0.15, 0.2) is 0 Å². The maximum absolute atomic E-state index is 12.2. The highest BCUT2D eigenvalue weighted by Gasteiger charge is 2.24. The van der Waals surface area contributed by atoms with Crippen molar-refractivity contribution in [2.24, 2.45) is 0 Å². The van der Waals surface area contributed by atoms with Crippen LogP contribution in [0, 0.1) is 0 Å². The molecule has 1 aliphatic rings. The summed E-state index contributed by atoms with van der Waals surface area (Å²) < 4.78 is 5.13. The number of hydrogen-bond donors (Lipinski definition) is 0. The van der Waals surface area contributed by atoms with Gasteiger partial charge in [0.05, 0.1) is 12.3 Å². The van der Waals surface area contributed by atoms with Crippen LogP contribution in [0.15, 0.2) is 55.2 Å². The van der Waals surface area contributed by atoms with Gasteiger partial charge in [0.1, 0.15) is 29.9 Å². The molecule has 8 heteroatoms. The summed E-state index contributed by atoms with van der Waals surface area (Å²) in [5.41, 5.74) is 2.37. The van der Waals surface area contributed by atoms with Crippen LogP contribution < -0.4 is 9.80 Å². The predicted molar refractivity (Wildman–Crippen MR) is 110 cm³/mol. The summed E-state index contributed by atoms with van der Waals surface area (Å²) in [6.45, 7) is 5.06. The zero-order valence-electron chi connectivity index (χ0n) is 16.2. The fourth-order valence-electron chi connectivity index (χ4n) is 3.36. The number of ether oxygens (including phenoxy) is 1. The molecule has 0 atom stereocenters. The maximum atomic E-state index is 12.2. The van der Waals surface area contributed by atoms with E-state index in [-0.39, 0.29) is 0 Å². The van der Waals surface area contributed by atoms with Crippen LogP contribution in [0.5, 0.6) is 0 Å². The molecule has 0 bridgehead atoms. The average molecular weight is 390 g/mol. The number of carbonyl (C=O) groups excluding carboxylic acids is 1. The van der Waals surface area contributed by atoms with Gasteiger partial charge in [-0.3, -0.25) is 0 Å². The molecule has 3 aromatic rings. The van der Waals surface area contributed by atoms with Crippen molar-refractivity contribution in [1.82, 2.24) is 19.9 Å². The fraction of sp³-hybridized carbons (Fsp3) is 0.286. The summed E-state index contributed by atoms with van der Waals surface area (Å²) in [4.78, 5) is 33.7. The highest BCUT2D eigenvalue weighted by molar-refractivity contribution is 5.94. The van der Waals surface area contributed by atoms with Crippen molar-refractivity contribution < 1.29 is 9.53 Å². The van der Waals surface area contributed by atoms with Crippen molar-refractivity contribution in [2.45, 2.75) is 6.92 Å². The van der Waals surface area contributed by atoms with E-state index in [1.54, 1.807) is 13.3 Å². The van der Waals surface area contributed by atoms with E-state index in [4.69, 9.17) is 4.74 Å². The average Bonchev–Trinajstić information content (AvgIpc) is 2.80. The van der Waals surface area contributed by atoms with Crippen LogP contribution in [-0.4, -0.2) is 58.7 Å². The van der Waals surface area contributed by atoms with Crippen molar-refractivity contribution >= 4 is 17.6 Å². The first-order valence-corrected chi connectivity index (χ1v) is 9.60. The lowest BCUT2D eigenvalue weighted by atomic mass is 10.1. The molecule has 1 saturated heterocycles. The molecule has 0 radical (unpaired) electrons. The quantitative estimate of drug-likeness (QED) is 0.614. The van der Waals surface area contributed by atoms with E-state index in [0.29, 0.717) is 31.1 Å². The van der Waals surface area contributed by atoms with Crippen LogP contribution in [0.4, 0.5) is 11.6 Å². The van der Waals surface area contributed by atoms with E-state index in [1.165, 1.54) is 12.5 Å². The van der Waals surface area contributed by atoms with Crippen LogP contribution in [0.3, 0.4) is 0 Å². The molecular formula is C21H22N6O2. The smallest absolute Gasteiger partial charge is 0.343 e. The number of rotatable bonds is 5. The zero-order chi connectivity index (χ0) is 20.1. The summed E-state index contributed by atoms with van der Waals surface area (Å²) in [7, 11) is 0. The molecule has 1 aliphatic heterocycles. The summed E-state index contributed by atoms with van der Waals surface area (Å²) in [5.74, 6) is 1.12. The Labute approximate surface area is 169 Å². The van der Waals surface area contributed by atoms with Crippen LogP contribution in [0.25, 0.3) is 11.3 Å². The number of piperazine rings is 1. The van der Waals surface area contributed by atoms with Gasteiger partial charge >= 0.3 is 5.97 Å². The minimum Gasteiger partial charge on any atom is -0.462 e. The highest BCUT2D eigenvalue weighted by atomic mass is 16.5. The molecule has 148 valence electrons. The highest BCUT2D eigenvalue weighted by Crippen LogP contribution is 2.23. The summed E-state index contributed by atoms with van der Waals surface area (Å²) in [6.07, 6.45) is 4.58. The lowest BCUT2D eigenvalue weighted by molar-refractivity contribution is 0.0526. The maximum Gasteiger partial charge on any atom is 0.343 e. The van der Waals surface area contributed by atoms with E-state index >= 15 is 0 Å². The molecular weight excluding hydrogens is 368 g/mol. The van der Waals surface area contributed by atoms with E-state index in [9.17, 15) is 4.79 Å². The first kappa shape index (κ1) is 18.8. The van der Waals surface area contributed by atoms with E-state index in [0.717, 1.165) is 30.2 Å². The normalized spacial score (nSPS) is 14.0. The standard InChI is InChI=1S/C21H22N6O2/c1-2-29-21(28)17-13-22-14-25-20(17)27-10-8-26(9-11-27)19-12-18(23-15-24-19)16-6-4-3-5-7-16/h3-7,12-15H,2,8-11H2,1H3. The van der Waals surface area contributed by atoms with Crippen molar-refractivity contribution in [3.8, 4) is 11.3 Å². The second-order valence-electron chi connectivity index (χ2n) is 6.58. The summed E-state index contributed by atoms with van der Waals surface area (Å²) in [5, 5.41) is 0. The Bertz CT molecular complexity index is 974. The number of esters is 1. The molecule has 1 fully saturated rings. The molecule has 8 nitrogen and oxygen atoms in total. The van der Waals surface area contributed by atoms with Crippen molar-refractivity contribution in [1.29, 1.82) is 0 Å². The molecule has 0 saturated carbocycles. The molecule has 29 heavy (non-hydrogen) atoms. The van der Waals surface area contributed by atoms with Crippen LogP contribution in [-0.2, 0) is 4.74 Å². The third kappa shape index (κ3) is 4.16. The van der Waals surface area contributed by atoms with Crippen molar-refractivity contribution in [2.75, 3.05) is 42.6 Å². The first-order chi connectivity index (χ1) is 14.3. The lowest BCUT2D eigenvalue weighted by Crippen LogP contribution is -2.47. The van der Waals surface area contributed by atoms with Crippen molar-refractivity contribution in [3.05, 3.63) is 60.8 Å². The monoisotopic (exact) mass is 390 g/mol. The van der Waals surface area contributed by atoms with Gasteiger partial charge in [0.2, 0.25) is 0 Å². The second-order valence-corrected chi connectivity index (χ2v) is 6.58. The van der Waals surface area contributed by atoms with Gasteiger partial charge in [0.25, 0.3) is 0 Å². The molecule has 3 heterocycles. The molecule has 0 aliphatic carbocycles. The van der Waals surface area contributed by atoms with Crippen LogP contribution in [0.1, 0.15) is 17.3 Å². The number of carbonyl (C=O) groups is 1. The molecule has 0 amide bonds. The largest absolute Gasteiger partial charge is 0.462 e. The minimum absolute atomic E-state index is 0.318. The third-order valence-corrected chi connectivity index (χ3v) is 4.81. The Morgan fingerprint density at radius 1 is 1.00 bits per heavy atom. The van der Waals surface area contributed by atoms with Gasteiger partial charge in [-0.15, -0.1) is 0 Å². The van der Waals surface area contributed by atoms with E-state index in [2.05, 4.69) is 29.7 Å². The number of aromatic nitrogens is 4. The number of benzene rings is 1. The van der Waals surface area contributed by atoms with Gasteiger partial charge < -0.3 is 14.5 Å². The predicted octanol–water partition coefficient (Wildman–Crippen LogP) is 2.44. The minimum atomic E-state index is -0.395. The Morgan fingerprint density at radius 2 is 1.76 bits per heavy atom. The van der Waals surface area contributed by atoms with Crippen LogP contribution >= 0.6 is 0 Å². The van der Waals surface area contributed by atoms with Gasteiger partial charge in [-0.2, -0.15) is 0 Å². The van der Waals surface area contributed by atoms with Crippen LogP contribution in [0.2, 0.25) is 0 Å². The Kier molecular flexibility index (Phi) is 5.60. The van der Waals surface area contributed by atoms with Gasteiger partial charge in [-0.25, -0.2) is 24.7 Å². The molecule has 0 spiro atoms. The van der Waals surface area contributed by atoms with Gasteiger partial charge in [-0.05, 0) is 6.92 Å². The molecule has 0 N–H and O–H groups in total. The molecule has 4 rings (SSSR count). The van der Waals surface area contributed by atoms with E-state index in [1.807, 2.05) is 36.4 Å². The number of nitrogens with zero attached hydrogens (tertiary/aromatic N) is 6. The fourth-order valence-corrected chi connectivity index (χ4v) is 3.36. The summed E-state index contributed by atoms with van der Waals surface area (Å²) >= 11 is 0. The summed E-state index contributed by atoms with van der Waals surface area (Å²) in [6, 6.07) is 12.1. The second kappa shape index (κ2) is 8.64. The van der Waals surface area contributed by atoms with E-state index < -0.39 is 5.97 Å². The topological polar surface area (TPSA) is 84.3 Å². The Balaban J connectivity index is 1.48. The number of anilines is 2. The lowest BCUT2D eigenvalue weighted by Gasteiger charge is -2.36. The van der Waals surface area contributed by atoms with Gasteiger partial charge in [-0.1, -0.05) is 30.3 Å². The van der Waals surface area contributed by atoms with Crippen molar-refractivity contribution in [3.63, 3.8) is 0 Å². The van der Waals surface area contributed by atoms with Gasteiger partial charge in [0, 0.05) is 44.0 Å².